The highest BCUT2D eigenvalue weighted by atomic mass is 35.5. The second kappa shape index (κ2) is 6.57. The highest BCUT2D eigenvalue weighted by Crippen LogP contribution is 2.26. The fourth-order valence-electron chi connectivity index (χ4n) is 3.64. The number of halogens is 1. The zero-order valence-electron chi connectivity index (χ0n) is 13.5. The maximum absolute atomic E-state index is 11.5. The third kappa shape index (κ3) is 3.19. The Hall–Kier alpha value is -1.85. The number of hydrogen-bond acceptors (Lipinski definition) is 3. The highest BCUT2D eigenvalue weighted by Gasteiger charge is 2.27. The van der Waals surface area contributed by atoms with Gasteiger partial charge < -0.3 is 10.3 Å². The molecule has 1 saturated heterocycles. The van der Waals surface area contributed by atoms with E-state index in [1.165, 1.54) is 11.4 Å². The number of carbonyl (C=O) groups excluding carboxylic acids is 1. The molecule has 2 aliphatic heterocycles. The van der Waals surface area contributed by atoms with Crippen LogP contribution in [0.3, 0.4) is 0 Å². The summed E-state index contributed by atoms with van der Waals surface area (Å²) in [6.07, 6.45) is 3.56. The molecule has 24 heavy (non-hydrogen) atoms. The largest absolute Gasteiger partial charge is 0.356 e. The maximum Gasteiger partial charge on any atom is 0.220 e. The Morgan fingerprint density at radius 1 is 1.17 bits per heavy atom. The van der Waals surface area contributed by atoms with Crippen molar-refractivity contribution >= 4 is 17.5 Å². The highest BCUT2D eigenvalue weighted by molar-refractivity contribution is 6.30. The van der Waals surface area contributed by atoms with Gasteiger partial charge in [0.1, 0.15) is 5.82 Å². The molecule has 126 valence electrons. The molecule has 0 aliphatic carbocycles. The van der Waals surface area contributed by atoms with Crippen molar-refractivity contribution in [1.29, 1.82) is 0 Å². The molecular weight excluding hydrogens is 324 g/mol. The summed E-state index contributed by atoms with van der Waals surface area (Å²) < 4.78 is 0. The van der Waals surface area contributed by atoms with E-state index in [2.05, 4.69) is 15.2 Å². The summed E-state index contributed by atoms with van der Waals surface area (Å²) in [5, 5.41) is 3.70. The van der Waals surface area contributed by atoms with Crippen LogP contribution in [0.1, 0.15) is 30.7 Å². The number of hydrogen-bond donors (Lipinski definition) is 2. The van der Waals surface area contributed by atoms with Gasteiger partial charge in [-0.05, 0) is 37.1 Å². The van der Waals surface area contributed by atoms with Crippen LogP contribution < -0.4 is 5.32 Å². The number of aromatic amines is 1. The average Bonchev–Trinajstić information content (AvgIpc) is 2.89. The number of fused-ring (bicyclic) bond motifs is 1. The lowest BCUT2D eigenvalue weighted by atomic mass is 10.0. The van der Waals surface area contributed by atoms with Gasteiger partial charge in [-0.15, -0.1) is 0 Å². The van der Waals surface area contributed by atoms with Crippen molar-refractivity contribution in [2.24, 2.45) is 0 Å². The standard InChI is InChI=1S/C18H21ClN4O/c19-13-3-1-12(2-4-13)18-21-15-8-10-23(11-16(15)22-18)14-5-6-17(24)20-9-7-14/h1-4,14H,5-11H2,(H,20,24)(H,21,22)/t14-/m0/s1. The van der Waals surface area contributed by atoms with E-state index in [0.717, 1.165) is 55.3 Å². The van der Waals surface area contributed by atoms with Gasteiger partial charge in [-0.2, -0.15) is 0 Å². The first-order chi connectivity index (χ1) is 11.7. The molecule has 1 atom stereocenters. The van der Waals surface area contributed by atoms with Crippen molar-refractivity contribution in [1.82, 2.24) is 20.2 Å². The molecule has 2 aliphatic rings. The SMILES string of the molecule is O=C1CC[C@H](N2CCc3nc(-c4ccc(Cl)cc4)[nH]c3C2)CCN1. The third-order valence-corrected chi connectivity index (χ3v) is 5.25. The van der Waals surface area contributed by atoms with Gasteiger partial charge in [0, 0.05) is 49.1 Å². The normalized spacial score (nSPS) is 21.9. The first-order valence-electron chi connectivity index (χ1n) is 8.53. The summed E-state index contributed by atoms with van der Waals surface area (Å²) in [6.45, 7) is 2.68. The van der Waals surface area contributed by atoms with Crippen LogP contribution in [-0.2, 0) is 17.8 Å². The van der Waals surface area contributed by atoms with Crippen molar-refractivity contribution in [2.45, 2.75) is 38.3 Å². The van der Waals surface area contributed by atoms with E-state index in [-0.39, 0.29) is 5.91 Å². The minimum atomic E-state index is 0.182. The number of nitrogens with zero attached hydrogens (tertiary/aromatic N) is 2. The van der Waals surface area contributed by atoms with Gasteiger partial charge in [0.05, 0.1) is 11.4 Å². The van der Waals surface area contributed by atoms with Gasteiger partial charge in [-0.1, -0.05) is 11.6 Å². The van der Waals surface area contributed by atoms with Gasteiger partial charge in [0.15, 0.2) is 0 Å². The molecule has 1 aromatic heterocycles. The Kier molecular flexibility index (Phi) is 4.29. The molecule has 0 saturated carbocycles. The molecule has 2 N–H and O–H groups in total. The predicted octanol–water partition coefficient (Wildman–Crippen LogP) is 2.76. The summed E-state index contributed by atoms with van der Waals surface area (Å²) in [5.41, 5.74) is 3.43. The lowest BCUT2D eigenvalue weighted by Gasteiger charge is -2.33. The molecule has 0 spiro atoms. The van der Waals surface area contributed by atoms with Crippen LogP contribution in [0.15, 0.2) is 24.3 Å². The molecule has 0 bridgehead atoms. The fourth-order valence-corrected chi connectivity index (χ4v) is 3.77. The number of rotatable bonds is 2. The number of aromatic nitrogens is 2. The second-order valence-electron chi connectivity index (χ2n) is 6.57. The van der Waals surface area contributed by atoms with Crippen LogP contribution >= 0.6 is 11.6 Å². The van der Waals surface area contributed by atoms with Crippen molar-refractivity contribution < 1.29 is 4.79 Å². The van der Waals surface area contributed by atoms with Gasteiger partial charge >= 0.3 is 0 Å². The number of carbonyl (C=O) groups is 1. The molecule has 5 nitrogen and oxygen atoms in total. The van der Waals surface area contributed by atoms with Crippen molar-refractivity contribution in [2.75, 3.05) is 13.1 Å². The van der Waals surface area contributed by atoms with Crippen LogP contribution in [0.2, 0.25) is 5.02 Å². The van der Waals surface area contributed by atoms with E-state index < -0.39 is 0 Å². The number of imidazole rings is 1. The molecule has 6 heteroatoms. The third-order valence-electron chi connectivity index (χ3n) is 5.00. The van der Waals surface area contributed by atoms with Crippen molar-refractivity contribution in [3.8, 4) is 11.4 Å². The monoisotopic (exact) mass is 344 g/mol. The predicted molar refractivity (Wildman–Crippen MR) is 93.8 cm³/mol. The Balaban J connectivity index is 1.51. The average molecular weight is 345 g/mol. The number of nitrogens with one attached hydrogen (secondary N) is 2. The van der Waals surface area contributed by atoms with Crippen LogP contribution in [0.4, 0.5) is 0 Å². The lowest BCUT2D eigenvalue weighted by molar-refractivity contribution is -0.120. The summed E-state index contributed by atoms with van der Waals surface area (Å²) in [6, 6.07) is 8.24. The molecule has 1 fully saturated rings. The van der Waals surface area contributed by atoms with Crippen LogP contribution in [0.5, 0.6) is 0 Å². The van der Waals surface area contributed by atoms with E-state index >= 15 is 0 Å². The minimum absolute atomic E-state index is 0.182. The topological polar surface area (TPSA) is 61.0 Å². The van der Waals surface area contributed by atoms with E-state index in [0.29, 0.717) is 12.5 Å². The van der Waals surface area contributed by atoms with Crippen molar-refractivity contribution in [3.05, 3.63) is 40.7 Å². The van der Waals surface area contributed by atoms with Gasteiger partial charge in [-0.25, -0.2) is 4.98 Å². The molecule has 0 unspecified atom stereocenters. The molecule has 1 amide bonds. The summed E-state index contributed by atoms with van der Waals surface area (Å²) in [7, 11) is 0. The quantitative estimate of drug-likeness (QED) is 0.880. The second-order valence-corrected chi connectivity index (χ2v) is 7.01. The number of H-pyrrole nitrogens is 1. The molecular formula is C18H21ClN4O. The smallest absolute Gasteiger partial charge is 0.220 e. The molecule has 3 heterocycles. The zero-order chi connectivity index (χ0) is 16.5. The van der Waals surface area contributed by atoms with Gasteiger partial charge in [-0.3, -0.25) is 9.69 Å². The van der Waals surface area contributed by atoms with Gasteiger partial charge in [0.2, 0.25) is 5.91 Å². The van der Waals surface area contributed by atoms with E-state index in [1.807, 2.05) is 24.3 Å². The minimum Gasteiger partial charge on any atom is -0.356 e. The van der Waals surface area contributed by atoms with Crippen LogP contribution in [0, 0.1) is 0 Å². The van der Waals surface area contributed by atoms with Gasteiger partial charge in [0.25, 0.3) is 0 Å². The number of benzene rings is 1. The zero-order valence-corrected chi connectivity index (χ0v) is 14.3. The Morgan fingerprint density at radius 3 is 2.83 bits per heavy atom. The molecule has 0 radical (unpaired) electrons. The molecule has 2 aromatic rings. The Labute approximate surface area is 146 Å². The Morgan fingerprint density at radius 2 is 2.00 bits per heavy atom. The van der Waals surface area contributed by atoms with E-state index in [1.54, 1.807) is 0 Å². The first kappa shape index (κ1) is 15.7. The lowest BCUT2D eigenvalue weighted by Crippen LogP contribution is -2.39. The van der Waals surface area contributed by atoms with Crippen molar-refractivity contribution in [3.63, 3.8) is 0 Å². The number of amides is 1. The van der Waals surface area contributed by atoms with Crippen LogP contribution in [0.25, 0.3) is 11.4 Å². The van der Waals surface area contributed by atoms with Crippen LogP contribution in [-0.4, -0.2) is 39.9 Å². The summed E-state index contributed by atoms with van der Waals surface area (Å²) >= 11 is 5.96. The molecule has 4 rings (SSSR count). The molecule has 1 aromatic carbocycles. The summed E-state index contributed by atoms with van der Waals surface area (Å²) in [5.74, 6) is 1.10. The first-order valence-corrected chi connectivity index (χ1v) is 8.91. The maximum atomic E-state index is 11.5. The van der Waals surface area contributed by atoms with E-state index in [9.17, 15) is 4.79 Å². The van der Waals surface area contributed by atoms with E-state index in [4.69, 9.17) is 16.6 Å². The Bertz CT molecular complexity index is 740. The fraction of sp³-hybridized carbons (Fsp3) is 0.444. The summed E-state index contributed by atoms with van der Waals surface area (Å²) in [4.78, 5) is 22.3.